The summed E-state index contributed by atoms with van der Waals surface area (Å²) in [6, 6.07) is 7.43. The van der Waals surface area contributed by atoms with Crippen LogP contribution in [0.3, 0.4) is 0 Å². The Kier molecular flexibility index (Phi) is 4.09. The maximum Gasteiger partial charge on any atom is 0.254 e. The number of ether oxygens (including phenoxy) is 1. The molecule has 1 amide bonds. The van der Waals surface area contributed by atoms with Gasteiger partial charge in [-0.3, -0.25) is 4.79 Å². The van der Waals surface area contributed by atoms with Crippen molar-refractivity contribution >= 4 is 5.91 Å². The van der Waals surface area contributed by atoms with Gasteiger partial charge >= 0.3 is 0 Å². The minimum atomic E-state index is -0.373. The second-order valence-electron chi connectivity index (χ2n) is 6.94. The van der Waals surface area contributed by atoms with Crippen LogP contribution in [-0.4, -0.2) is 57.3 Å². The van der Waals surface area contributed by atoms with Crippen LogP contribution in [0.5, 0.6) is 0 Å². The van der Waals surface area contributed by atoms with Crippen molar-refractivity contribution in [3.63, 3.8) is 0 Å². The zero-order chi connectivity index (χ0) is 17.4. The number of hydrogen-bond acceptors (Lipinski definition) is 4. The van der Waals surface area contributed by atoms with E-state index < -0.39 is 0 Å². The largest absolute Gasteiger partial charge is 0.393 e. The standard InChI is InChI=1S/C19H23N3O3/c1-25-19-7-6-13(23)12-16(19)22(11-8-19)18(24)15-5-3-2-4-14(15)17-20-9-10-21-17/h2-5,9-10,13,16,23H,6-8,11-12H2,1H3,(H,20,21)/t13-,16+,19-/m1/s1. The number of nitrogens with zero attached hydrogens (tertiary/aromatic N) is 2. The number of rotatable bonds is 3. The van der Waals surface area contributed by atoms with Gasteiger partial charge in [-0.25, -0.2) is 4.98 Å². The average Bonchev–Trinajstić information content (AvgIpc) is 3.29. The van der Waals surface area contributed by atoms with Gasteiger partial charge in [0, 0.05) is 31.6 Å². The topological polar surface area (TPSA) is 78.5 Å². The Morgan fingerprint density at radius 1 is 1.40 bits per heavy atom. The lowest BCUT2D eigenvalue weighted by Gasteiger charge is -2.42. The molecule has 25 heavy (non-hydrogen) atoms. The van der Waals surface area contributed by atoms with E-state index >= 15 is 0 Å². The molecule has 6 nitrogen and oxygen atoms in total. The highest BCUT2D eigenvalue weighted by Gasteiger charge is 2.52. The molecule has 0 spiro atoms. The predicted octanol–water partition coefficient (Wildman–Crippen LogP) is 2.22. The number of aromatic nitrogens is 2. The molecule has 2 aromatic rings. The van der Waals surface area contributed by atoms with Gasteiger partial charge in [0.2, 0.25) is 0 Å². The second kappa shape index (κ2) is 6.28. The molecule has 132 valence electrons. The molecule has 1 aliphatic heterocycles. The van der Waals surface area contributed by atoms with E-state index in [0.29, 0.717) is 24.4 Å². The molecule has 0 radical (unpaired) electrons. The van der Waals surface area contributed by atoms with E-state index in [0.717, 1.165) is 24.8 Å². The molecule has 0 bridgehead atoms. The average molecular weight is 341 g/mol. The Morgan fingerprint density at radius 2 is 2.24 bits per heavy atom. The van der Waals surface area contributed by atoms with E-state index in [9.17, 15) is 9.90 Å². The summed E-state index contributed by atoms with van der Waals surface area (Å²) in [5.41, 5.74) is 1.10. The van der Waals surface area contributed by atoms with E-state index in [4.69, 9.17) is 4.74 Å². The number of likely N-dealkylation sites (tertiary alicyclic amines) is 1. The molecule has 2 fully saturated rings. The Morgan fingerprint density at radius 3 is 3.00 bits per heavy atom. The lowest BCUT2D eigenvalue weighted by atomic mass is 9.79. The fraction of sp³-hybridized carbons (Fsp3) is 0.474. The number of benzene rings is 1. The number of hydrogen-bond donors (Lipinski definition) is 2. The molecule has 2 heterocycles. The number of fused-ring (bicyclic) bond motifs is 1. The summed E-state index contributed by atoms with van der Waals surface area (Å²) in [5.74, 6) is 0.662. The number of aliphatic hydroxyl groups excluding tert-OH is 1. The zero-order valence-corrected chi connectivity index (χ0v) is 14.3. The Labute approximate surface area is 146 Å². The van der Waals surface area contributed by atoms with Gasteiger partial charge < -0.3 is 19.7 Å². The minimum Gasteiger partial charge on any atom is -0.393 e. The third kappa shape index (κ3) is 2.65. The number of imidazole rings is 1. The fourth-order valence-electron chi connectivity index (χ4n) is 4.36. The van der Waals surface area contributed by atoms with Crippen molar-refractivity contribution in [1.82, 2.24) is 14.9 Å². The first kappa shape index (κ1) is 16.3. The van der Waals surface area contributed by atoms with Crippen LogP contribution < -0.4 is 0 Å². The van der Waals surface area contributed by atoms with Crippen LogP contribution in [0.25, 0.3) is 11.4 Å². The monoisotopic (exact) mass is 341 g/mol. The summed E-state index contributed by atoms with van der Waals surface area (Å²) in [7, 11) is 1.72. The molecule has 1 aromatic carbocycles. The number of amides is 1. The third-order valence-electron chi connectivity index (χ3n) is 5.73. The summed E-state index contributed by atoms with van der Waals surface area (Å²) in [6.45, 7) is 0.649. The van der Waals surface area contributed by atoms with Crippen LogP contribution in [0.1, 0.15) is 36.0 Å². The first-order valence-corrected chi connectivity index (χ1v) is 8.77. The maximum atomic E-state index is 13.3. The van der Waals surface area contributed by atoms with E-state index in [1.54, 1.807) is 19.5 Å². The van der Waals surface area contributed by atoms with Gasteiger partial charge in [-0.15, -0.1) is 0 Å². The molecule has 3 atom stereocenters. The second-order valence-corrected chi connectivity index (χ2v) is 6.94. The highest BCUT2D eigenvalue weighted by molar-refractivity contribution is 6.00. The quantitative estimate of drug-likeness (QED) is 0.897. The van der Waals surface area contributed by atoms with Crippen LogP contribution in [0.2, 0.25) is 0 Å². The van der Waals surface area contributed by atoms with Gasteiger partial charge in [-0.05, 0) is 31.7 Å². The van der Waals surface area contributed by atoms with Crippen LogP contribution in [0.15, 0.2) is 36.7 Å². The molecule has 4 rings (SSSR count). The van der Waals surface area contributed by atoms with E-state index in [1.807, 2.05) is 29.2 Å². The third-order valence-corrected chi connectivity index (χ3v) is 5.73. The van der Waals surface area contributed by atoms with Gasteiger partial charge in [-0.1, -0.05) is 18.2 Å². The normalized spacial score (nSPS) is 28.8. The van der Waals surface area contributed by atoms with Crippen molar-refractivity contribution in [1.29, 1.82) is 0 Å². The Bertz CT molecular complexity index is 761. The van der Waals surface area contributed by atoms with Crippen molar-refractivity contribution < 1.29 is 14.6 Å². The molecule has 1 saturated carbocycles. The fourth-order valence-corrected chi connectivity index (χ4v) is 4.36. The van der Waals surface area contributed by atoms with Gasteiger partial charge in [0.1, 0.15) is 5.82 Å². The van der Waals surface area contributed by atoms with Crippen molar-refractivity contribution in [2.24, 2.45) is 0 Å². The van der Waals surface area contributed by atoms with Crippen molar-refractivity contribution in [2.75, 3.05) is 13.7 Å². The molecular weight excluding hydrogens is 318 g/mol. The summed E-state index contributed by atoms with van der Waals surface area (Å²) in [4.78, 5) is 22.6. The number of aromatic amines is 1. The van der Waals surface area contributed by atoms with Crippen LogP contribution in [-0.2, 0) is 4.74 Å². The lowest BCUT2D eigenvalue weighted by molar-refractivity contribution is -0.0824. The predicted molar refractivity (Wildman–Crippen MR) is 93.1 cm³/mol. The SMILES string of the molecule is CO[C@@]12CC[C@@H](O)C[C@@H]1N(C(=O)c1ccccc1-c1ncc[nH]1)CC2. The van der Waals surface area contributed by atoms with Gasteiger partial charge in [0.25, 0.3) is 5.91 Å². The molecule has 1 saturated heterocycles. The molecule has 2 aliphatic rings. The Hall–Kier alpha value is -2.18. The summed E-state index contributed by atoms with van der Waals surface area (Å²) in [6.07, 6.45) is 5.97. The lowest BCUT2D eigenvalue weighted by Crippen LogP contribution is -2.52. The highest BCUT2D eigenvalue weighted by atomic mass is 16.5. The zero-order valence-electron chi connectivity index (χ0n) is 14.3. The minimum absolute atomic E-state index is 0.0231. The molecule has 0 unspecified atom stereocenters. The van der Waals surface area contributed by atoms with Crippen molar-refractivity contribution in [3.8, 4) is 11.4 Å². The number of aliphatic hydroxyl groups is 1. The molecule has 1 aromatic heterocycles. The van der Waals surface area contributed by atoms with Gasteiger partial charge in [0.15, 0.2) is 0 Å². The summed E-state index contributed by atoms with van der Waals surface area (Å²) < 4.78 is 5.85. The Balaban J connectivity index is 1.68. The summed E-state index contributed by atoms with van der Waals surface area (Å²) >= 11 is 0. The van der Waals surface area contributed by atoms with Gasteiger partial charge in [0.05, 0.1) is 23.3 Å². The maximum absolute atomic E-state index is 13.3. The number of carbonyl (C=O) groups excluding carboxylic acids is 1. The van der Waals surface area contributed by atoms with Gasteiger partial charge in [-0.2, -0.15) is 0 Å². The number of carbonyl (C=O) groups is 1. The van der Waals surface area contributed by atoms with E-state index in [1.165, 1.54) is 0 Å². The van der Waals surface area contributed by atoms with Crippen molar-refractivity contribution in [2.45, 2.75) is 43.4 Å². The number of methoxy groups -OCH3 is 1. The highest BCUT2D eigenvalue weighted by Crippen LogP contribution is 2.43. The van der Waals surface area contributed by atoms with Crippen LogP contribution in [0, 0.1) is 0 Å². The molecule has 1 aliphatic carbocycles. The first-order valence-electron chi connectivity index (χ1n) is 8.77. The number of nitrogens with one attached hydrogen (secondary N) is 1. The van der Waals surface area contributed by atoms with E-state index in [-0.39, 0.29) is 23.7 Å². The van der Waals surface area contributed by atoms with E-state index in [2.05, 4.69) is 9.97 Å². The van der Waals surface area contributed by atoms with Crippen LogP contribution in [0.4, 0.5) is 0 Å². The molecule has 2 N–H and O–H groups in total. The van der Waals surface area contributed by atoms with Crippen LogP contribution >= 0.6 is 0 Å². The van der Waals surface area contributed by atoms with Crippen molar-refractivity contribution in [3.05, 3.63) is 42.2 Å². The smallest absolute Gasteiger partial charge is 0.254 e. The first-order chi connectivity index (χ1) is 12.1. The molecular formula is C19H23N3O3. The summed E-state index contributed by atoms with van der Waals surface area (Å²) in [5, 5.41) is 10.1. The number of H-pyrrole nitrogens is 1. The molecule has 6 heteroatoms.